The summed E-state index contributed by atoms with van der Waals surface area (Å²) in [5.41, 5.74) is 8.32. The average Bonchev–Trinajstić information content (AvgIpc) is 2.89. The van der Waals surface area contributed by atoms with Crippen molar-refractivity contribution in [1.82, 2.24) is 10.3 Å². The topological polar surface area (TPSA) is 93.8 Å². The van der Waals surface area contributed by atoms with Crippen molar-refractivity contribution in [2.45, 2.75) is 25.9 Å². The van der Waals surface area contributed by atoms with Crippen LogP contribution in [0.25, 0.3) is 5.57 Å². The molecule has 0 aliphatic carbocycles. The summed E-state index contributed by atoms with van der Waals surface area (Å²) >= 11 is 0. The Balaban J connectivity index is 0.000000442. The lowest BCUT2D eigenvalue weighted by Crippen LogP contribution is -2.41. The highest BCUT2D eigenvalue weighted by atomic mass is 16.5. The summed E-state index contributed by atoms with van der Waals surface area (Å²) in [6, 6.07) is 14.0. The Kier molecular flexibility index (Phi) is 10.2. The summed E-state index contributed by atoms with van der Waals surface area (Å²) in [6.45, 7) is 6.69. The van der Waals surface area contributed by atoms with Crippen LogP contribution in [-0.4, -0.2) is 57.2 Å². The fourth-order valence-electron chi connectivity index (χ4n) is 4.03. The van der Waals surface area contributed by atoms with Crippen molar-refractivity contribution >= 4 is 17.5 Å². The second kappa shape index (κ2) is 13.6. The van der Waals surface area contributed by atoms with E-state index in [1.165, 1.54) is 19.0 Å². The first-order chi connectivity index (χ1) is 16.2. The molecule has 0 spiro atoms. The Morgan fingerprint density at radius 2 is 1.94 bits per heavy atom. The van der Waals surface area contributed by atoms with Crippen molar-refractivity contribution in [1.29, 1.82) is 0 Å². The van der Waals surface area contributed by atoms with E-state index in [1.54, 1.807) is 19.5 Å². The highest BCUT2D eigenvalue weighted by Gasteiger charge is 2.23. The van der Waals surface area contributed by atoms with Crippen LogP contribution >= 0.6 is 0 Å². The number of aliphatic imine (C=N–C) groups is 1. The molecular formula is C26H37N5O2. The maximum Gasteiger partial charge on any atom is 0.237 e. The predicted octanol–water partition coefficient (Wildman–Crippen LogP) is 3.59. The van der Waals surface area contributed by atoms with Crippen LogP contribution in [0.3, 0.4) is 0 Å². The Labute approximate surface area is 197 Å². The minimum absolute atomic E-state index is 0.0689. The van der Waals surface area contributed by atoms with Gasteiger partial charge in [-0.1, -0.05) is 43.3 Å². The molecule has 3 heterocycles. The van der Waals surface area contributed by atoms with Gasteiger partial charge in [-0.25, -0.2) is 4.98 Å². The van der Waals surface area contributed by atoms with Gasteiger partial charge in [0.15, 0.2) is 0 Å². The summed E-state index contributed by atoms with van der Waals surface area (Å²) in [7, 11) is 1.72. The van der Waals surface area contributed by atoms with Crippen molar-refractivity contribution in [3.63, 3.8) is 0 Å². The second-order valence-corrected chi connectivity index (χ2v) is 8.45. The van der Waals surface area contributed by atoms with E-state index >= 15 is 0 Å². The van der Waals surface area contributed by atoms with Crippen LogP contribution in [0.15, 0.2) is 59.9 Å². The van der Waals surface area contributed by atoms with Gasteiger partial charge >= 0.3 is 0 Å². The number of fused-ring (bicyclic) bond motifs is 1. The van der Waals surface area contributed by atoms with Gasteiger partial charge in [0, 0.05) is 56.6 Å². The zero-order valence-corrected chi connectivity index (χ0v) is 19.7. The Hall–Kier alpha value is -2.90. The minimum Gasteiger partial charge on any atom is -0.470 e. The van der Waals surface area contributed by atoms with E-state index in [2.05, 4.69) is 27.5 Å². The summed E-state index contributed by atoms with van der Waals surface area (Å²) in [5.74, 6) is 2.05. The number of hydrogen-bond acceptors (Lipinski definition) is 7. The molecule has 7 nitrogen and oxygen atoms in total. The first-order valence-electron chi connectivity index (χ1n) is 11.7. The summed E-state index contributed by atoms with van der Waals surface area (Å²) in [6.07, 6.45) is 7.44. The van der Waals surface area contributed by atoms with Crippen molar-refractivity contribution in [3.8, 4) is 5.88 Å². The zero-order valence-electron chi connectivity index (χ0n) is 19.7. The maximum atomic E-state index is 6.05. The largest absolute Gasteiger partial charge is 0.470 e. The lowest BCUT2D eigenvalue weighted by Gasteiger charge is -2.30. The number of nitrogens with zero attached hydrogens (tertiary/aromatic N) is 2. The molecule has 2 aromatic rings. The van der Waals surface area contributed by atoms with E-state index in [9.17, 15) is 0 Å². The molecule has 0 amide bonds. The van der Waals surface area contributed by atoms with E-state index in [1.807, 2.05) is 42.5 Å². The summed E-state index contributed by atoms with van der Waals surface area (Å²) in [4.78, 5) is 8.47. The van der Waals surface area contributed by atoms with Crippen LogP contribution in [0.5, 0.6) is 5.88 Å². The molecule has 1 aromatic carbocycles. The van der Waals surface area contributed by atoms with Gasteiger partial charge in [-0.05, 0) is 37.3 Å². The fourth-order valence-corrected chi connectivity index (χ4v) is 4.03. The Morgan fingerprint density at radius 3 is 2.58 bits per heavy atom. The molecule has 178 valence electrons. The van der Waals surface area contributed by atoms with Crippen LogP contribution in [0, 0.1) is 11.8 Å². The molecule has 0 saturated carbocycles. The number of nitrogens with one attached hydrogen (secondary N) is 2. The third-order valence-electron chi connectivity index (χ3n) is 6.01. The van der Waals surface area contributed by atoms with Gasteiger partial charge in [0.25, 0.3) is 0 Å². The number of allylic oxidation sites excluding steroid dienone is 1. The minimum atomic E-state index is 0.0689. The molecule has 2 unspecified atom stereocenters. The molecule has 4 rings (SSSR count). The zero-order chi connectivity index (χ0) is 23.3. The van der Waals surface area contributed by atoms with Crippen molar-refractivity contribution in [2.24, 2.45) is 22.6 Å². The van der Waals surface area contributed by atoms with Crippen LogP contribution in [-0.2, 0) is 4.74 Å². The molecule has 2 atom stereocenters. The van der Waals surface area contributed by atoms with Gasteiger partial charge in [0.1, 0.15) is 6.10 Å². The molecular weight excluding hydrogens is 414 g/mol. The van der Waals surface area contributed by atoms with E-state index in [0.29, 0.717) is 11.8 Å². The first kappa shape index (κ1) is 24.7. The number of hydrogen-bond donors (Lipinski definition) is 3. The van der Waals surface area contributed by atoms with Gasteiger partial charge < -0.3 is 25.8 Å². The summed E-state index contributed by atoms with van der Waals surface area (Å²) in [5, 5.41) is 6.98. The van der Waals surface area contributed by atoms with E-state index < -0.39 is 0 Å². The molecule has 1 fully saturated rings. The number of ether oxygens (including phenoxy) is 2. The highest BCUT2D eigenvalue weighted by molar-refractivity contribution is 6.09. The molecule has 0 bridgehead atoms. The number of benzene rings is 1. The number of rotatable bonds is 7. The molecule has 7 heteroatoms. The maximum absolute atomic E-state index is 6.05. The molecule has 33 heavy (non-hydrogen) atoms. The smallest absolute Gasteiger partial charge is 0.237 e. The normalized spacial score (nSPS) is 19.6. The fraction of sp³-hybridized carbons (Fsp3) is 0.462. The van der Waals surface area contributed by atoms with Crippen molar-refractivity contribution < 1.29 is 9.47 Å². The highest BCUT2D eigenvalue weighted by Crippen LogP contribution is 2.29. The van der Waals surface area contributed by atoms with Gasteiger partial charge in [-0.15, -0.1) is 0 Å². The monoisotopic (exact) mass is 451 g/mol. The standard InChI is InChI=1S/C20H31N5O2.C6H6/c1-14(15-3-5-26-6-4-15)9-23-12-18-13-24-19-7-16(11-25-20(19)27-18)17(8-21)10-22-2;1-2-4-6-5-3-1/h7-8,10-11,14-15,18,23-24H,3-6,9,12-13,21H2,1-2H3;1-6H/b17-8+,22-10?;. The Morgan fingerprint density at radius 1 is 1.24 bits per heavy atom. The van der Waals surface area contributed by atoms with Crippen LogP contribution in [0.1, 0.15) is 25.3 Å². The SMILES string of the molecule is CN=C/C(=C\N)c1cnc2c(c1)NCC(CNCC(C)C1CCOCC1)O2.c1ccccc1. The third kappa shape index (κ3) is 7.87. The second-order valence-electron chi connectivity index (χ2n) is 8.45. The van der Waals surface area contributed by atoms with Gasteiger partial charge in [0.2, 0.25) is 5.88 Å². The van der Waals surface area contributed by atoms with Crippen LogP contribution < -0.4 is 21.1 Å². The lowest BCUT2D eigenvalue weighted by atomic mass is 9.87. The number of nitrogens with two attached hydrogens (primary N) is 1. The average molecular weight is 452 g/mol. The third-order valence-corrected chi connectivity index (χ3v) is 6.01. The van der Waals surface area contributed by atoms with Crippen molar-refractivity contribution in [3.05, 3.63) is 60.4 Å². The molecule has 1 aromatic heterocycles. The van der Waals surface area contributed by atoms with E-state index in [-0.39, 0.29) is 6.10 Å². The Bertz CT molecular complexity index is 855. The van der Waals surface area contributed by atoms with Crippen molar-refractivity contribution in [2.75, 3.05) is 45.2 Å². The number of pyridine rings is 1. The van der Waals surface area contributed by atoms with Crippen LogP contribution in [0.2, 0.25) is 0 Å². The summed E-state index contributed by atoms with van der Waals surface area (Å²) < 4.78 is 11.5. The molecule has 2 aliphatic rings. The van der Waals surface area contributed by atoms with E-state index in [4.69, 9.17) is 15.2 Å². The van der Waals surface area contributed by atoms with Gasteiger partial charge in [-0.3, -0.25) is 4.99 Å². The van der Waals surface area contributed by atoms with Gasteiger partial charge in [0.05, 0.1) is 12.2 Å². The van der Waals surface area contributed by atoms with Gasteiger partial charge in [-0.2, -0.15) is 0 Å². The number of anilines is 1. The van der Waals surface area contributed by atoms with Crippen LogP contribution in [0.4, 0.5) is 5.69 Å². The quantitative estimate of drug-likeness (QED) is 0.557. The molecule has 1 saturated heterocycles. The molecule has 2 aliphatic heterocycles. The molecule has 4 N–H and O–H groups in total. The number of aromatic nitrogens is 1. The predicted molar refractivity (Wildman–Crippen MR) is 136 cm³/mol. The lowest BCUT2D eigenvalue weighted by molar-refractivity contribution is 0.0490. The first-order valence-corrected chi connectivity index (χ1v) is 11.7. The molecule has 0 radical (unpaired) electrons. The van der Waals surface area contributed by atoms with E-state index in [0.717, 1.165) is 55.6 Å².